The standard InChI is InChI=1S/C12H17NO4S/c1-3-10-4-6-11(7-5-10)8-18(16,17)13-9(2)12(14)15/h4-7,9,13H,3,8H2,1-2H3,(H,14,15)/t9-/m1/s1. The molecule has 6 heteroatoms. The highest BCUT2D eigenvalue weighted by Gasteiger charge is 2.19. The number of aryl methyl sites for hydroxylation is 1. The van der Waals surface area contributed by atoms with Crippen molar-refractivity contribution in [3.63, 3.8) is 0 Å². The van der Waals surface area contributed by atoms with E-state index in [1.54, 1.807) is 12.1 Å². The van der Waals surface area contributed by atoms with Gasteiger partial charge in [-0.3, -0.25) is 4.79 Å². The van der Waals surface area contributed by atoms with Gasteiger partial charge in [-0.2, -0.15) is 0 Å². The van der Waals surface area contributed by atoms with E-state index in [2.05, 4.69) is 4.72 Å². The molecule has 1 aromatic carbocycles. The van der Waals surface area contributed by atoms with Crippen LogP contribution in [0.25, 0.3) is 0 Å². The Kier molecular flexibility index (Phi) is 4.86. The molecular formula is C12H17NO4S. The number of sulfonamides is 1. The van der Waals surface area contributed by atoms with Crippen LogP contribution in [0.5, 0.6) is 0 Å². The molecule has 1 atom stereocenters. The molecule has 18 heavy (non-hydrogen) atoms. The summed E-state index contributed by atoms with van der Waals surface area (Å²) in [5.74, 6) is -1.41. The van der Waals surface area contributed by atoms with Gasteiger partial charge < -0.3 is 5.11 Å². The van der Waals surface area contributed by atoms with Crippen LogP contribution >= 0.6 is 0 Å². The zero-order chi connectivity index (χ0) is 13.8. The first-order valence-corrected chi connectivity index (χ1v) is 7.30. The molecular weight excluding hydrogens is 254 g/mol. The van der Waals surface area contributed by atoms with Crippen LogP contribution in [0.4, 0.5) is 0 Å². The minimum absolute atomic E-state index is 0.214. The number of aliphatic carboxylic acids is 1. The van der Waals surface area contributed by atoms with Gasteiger partial charge in [0.15, 0.2) is 0 Å². The van der Waals surface area contributed by atoms with E-state index in [4.69, 9.17) is 5.11 Å². The number of hydrogen-bond acceptors (Lipinski definition) is 3. The molecule has 0 aliphatic rings. The number of benzene rings is 1. The van der Waals surface area contributed by atoms with Crippen LogP contribution in [0, 0.1) is 0 Å². The highest BCUT2D eigenvalue weighted by atomic mass is 32.2. The zero-order valence-electron chi connectivity index (χ0n) is 10.4. The van der Waals surface area contributed by atoms with Gasteiger partial charge in [-0.1, -0.05) is 31.2 Å². The zero-order valence-corrected chi connectivity index (χ0v) is 11.2. The fourth-order valence-electron chi connectivity index (χ4n) is 1.45. The lowest BCUT2D eigenvalue weighted by Crippen LogP contribution is -2.38. The number of hydrogen-bond donors (Lipinski definition) is 2. The van der Waals surface area contributed by atoms with E-state index in [0.29, 0.717) is 5.56 Å². The van der Waals surface area contributed by atoms with Gasteiger partial charge in [-0.25, -0.2) is 13.1 Å². The summed E-state index contributed by atoms with van der Waals surface area (Å²) in [5.41, 5.74) is 1.76. The lowest BCUT2D eigenvalue weighted by molar-refractivity contribution is -0.138. The Morgan fingerprint density at radius 1 is 1.28 bits per heavy atom. The van der Waals surface area contributed by atoms with Gasteiger partial charge in [0.2, 0.25) is 10.0 Å². The average Bonchev–Trinajstić information content (AvgIpc) is 2.28. The van der Waals surface area contributed by atoms with Gasteiger partial charge in [0, 0.05) is 0 Å². The van der Waals surface area contributed by atoms with E-state index in [9.17, 15) is 13.2 Å². The Labute approximate surface area is 107 Å². The summed E-state index contributed by atoms with van der Waals surface area (Å²) >= 11 is 0. The normalized spacial score (nSPS) is 13.2. The second-order valence-electron chi connectivity index (χ2n) is 4.11. The van der Waals surface area contributed by atoms with Crippen LogP contribution in [0.15, 0.2) is 24.3 Å². The van der Waals surface area contributed by atoms with Gasteiger partial charge >= 0.3 is 5.97 Å². The molecule has 0 radical (unpaired) electrons. The van der Waals surface area contributed by atoms with E-state index >= 15 is 0 Å². The van der Waals surface area contributed by atoms with Crippen LogP contribution in [0.1, 0.15) is 25.0 Å². The molecule has 0 amide bonds. The predicted molar refractivity (Wildman–Crippen MR) is 68.7 cm³/mol. The monoisotopic (exact) mass is 271 g/mol. The van der Waals surface area contributed by atoms with Crippen LogP contribution in [-0.4, -0.2) is 25.5 Å². The Balaban J connectivity index is 2.73. The van der Waals surface area contributed by atoms with Crippen molar-refractivity contribution < 1.29 is 18.3 Å². The molecule has 0 spiro atoms. The van der Waals surface area contributed by atoms with Crippen LogP contribution < -0.4 is 4.72 Å². The second-order valence-corrected chi connectivity index (χ2v) is 5.86. The van der Waals surface area contributed by atoms with Gasteiger partial charge in [-0.05, 0) is 24.5 Å². The Morgan fingerprint density at radius 2 is 1.78 bits per heavy atom. The van der Waals surface area contributed by atoms with Gasteiger partial charge in [0.1, 0.15) is 6.04 Å². The predicted octanol–water partition coefficient (Wildman–Crippen LogP) is 1.14. The van der Waals surface area contributed by atoms with Crippen LogP contribution in [0.2, 0.25) is 0 Å². The van der Waals surface area contributed by atoms with Crippen molar-refractivity contribution in [1.29, 1.82) is 0 Å². The van der Waals surface area contributed by atoms with E-state index in [0.717, 1.165) is 12.0 Å². The third-order valence-corrected chi connectivity index (χ3v) is 3.94. The molecule has 0 unspecified atom stereocenters. The van der Waals surface area contributed by atoms with Crippen molar-refractivity contribution in [3.8, 4) is 0 Å². The van der Waals surface area contributed by atoms with Crippen molar-refractivity contribution in [3.05, 3.63) is 35.4 Å². The molecule has 0 aliphatic carbocycles. The number of carboxylic acids is 1. The fourth-order valence-corrected chi connectivity index (χ4v) is 2.81. The lowest BCUT2D eigenvalue weighted by atomic mass is 10.1. The number of rotatable bonds is 6. The molecule has 100 valence electrons. The van der Waals surface area contributed by atoms with Crippen molar-refractivity contribution in [2.24, 2.45) is 0 Å². The maximum absolute atomic E-state index is 11.7. The molecule has 0 aliphatic heterocycles. The fraction of sp³-hybridized carbons (Fsp3) is 0.417. The molecule has 0 aromatic heterocycles. The molecule has 2 N–H and O–H groups in total. The largest absolute Gasteiger partial charge is 0.480 e. The SMILES string of the molecule is CCc1ccc(CS(=O)(=O)N[C@H](C)C(=O)O)cc1. The Morgan fingerprint density at radius 3 is 2.22 bits per heavy atom. The lowest BCUT2D eigenvalue weighted by Gasteiger charge is -2.10. The summed E-state index contributed by atoms with van der Waals surface area (Å²) in [4.78, 5) is 10.6. The number of carboxylic acid groups (broad SMARTS) is 1. The van der Waals surface area contributed by atoms with Gasteiger partial charge in [0.05, 0.1) is 5.75 Å². The van der Waals surface area contributed by atoms with Gasteiger partial charge in [-0.15, -0.1) is 0 Å². The third kappa shape index (κ3) is 4.46. The molecule has 0 fully saturated rings. The minimum Gasteiger partial charge on any atom is -0.480 e. The van der Waals surface area contributed by atoms with Crippen molar-refractivity contribution in [2.75, 3.05) is 0 Å². The molecule has 0 saturated carbocycles. The Hall–Kier alpha value is -1.40. The first-order valence-electron chi connectivity index (χ1n) is 5.64. The smallest absolute Gasteiger partial charge is 0.321 e. The van der Waals surface area contributed by atoms with E-state index < -0.39 is 22.0 Å². The van der Waals surface area contributed by atoms with E-state index in [-0.39, 0.29) is 5.75 Å². The van der Waals surface area contributed by atoms with Crippen molar-refractivity contribution in [1.82, 2.24) is 4.72 Å². The van der Waals surface area contributed by atoms with Crippen LogP contribution in [0.3, 0.4) is 0 Å². The molecule has 0 saturated heterocycles. The van der Waals surface area contributed by atoms with Gasteiger partial charge in [0.25, 0.3) is 0 Å². The number of nitrogens with one attached hydrogen (secondary N) is 1. The third-order valence-electron chi connectivity index (χ3n) is 2.51. The summed E-state index contributed by atoms with van der Waals surface area (Å²) in [6, 6.07) is 6.09. The van der Waals surface area contributed by atoms with Crippen LogP contribution in [-0.2, 0) is 27.0 Å². The van der Waals surface area contributed by atoms with Crippen molar-refractivity contribution in [2.45, 2.75) is 32.1 Å². The highest BCUT2D eigenvalue weighted by Crippen LogP contribution is 2.08. The summed E-state index contributed by atoms with van der Waals surface area (Å²) in [6.45, 7) is 3.31. The molecule has 1 aromatic rings. The maximum Gasteiger partial charge on any atom is 0.321 e. The topological polar surface area (TPSA) is 83.5 Å². The maximum atomic E-state index is 11.7. The summed E-state index contributed by atoms with van der Waals surface area (Å²) < 4.78 is 25.5. The van der Waals surface area contributed by atoms with E-state index in [1.165, 1.54) is 6.92 Å². The Bertz CT molecular complexity index is 507. The molecule has 1 rings (SSSR count). The molecule has 5 nitrogen and oxygen atoms in total. The van der Waals surface area contributed by atoms with Crippen molar-refractivity contribution >= 4 is 16.0 Å². The first-order chi connectivity index (χ1) is 8.34. The average molecular weight is 271 g/mol. The molecule has 0 heterocycles. The first kappa shape index (κ1) is 14.7. The quantitative estimate of drug-likeness (QED) is 0.812. The summed E-state index contributed by atoms with van der Waals surface area (Å²) in [5, 5.41) is 8.65. The highest BCUT2D eigenvalue weighted by molar-refractivity contribution is 7.88. The molecule has 0 bridgehead atoms. The second kappa shape index (κ2) is 5.97. The number of carbonyl (C=O) groups is 1. The minimum atomic E-state index is -3.63. The van der Waals surface area contributed by atoms with E-state index in [1.807, 2.05) is 19.1 Å². The summed E-state index contributed by atoms with van der Waals surface area (Å²) in [6.07, 6.45) is 0.890. The summed E-state index contributed by atoms with van der Waals surface area (Å²) in [7, 11) is -3.63.